The Labute approximate surface area is 251 Å². The molecule has 3 aromatic rings. The first-order valence-corrected chi connectivity index (χ1v) is 14.8. The van der Waals surface area contributed by atoms with E-state index in [2.05, 4.69) is 64.5 Å². The minimum Gasteiger partial charge on any atom is -0.484 e. The third-order valence-electron chi connectivity index (χ3n) is 6.93. The van der Waals surface area contributed by atoms with Gasteiger partial charge in [0.1, 0.15) is 23.2 Å². The number of thioether (sulfide) groups is 1. The highest BCUT2D eigenvalue weighted by atomic mass is 32.2. The van der Waals surface area contributed by atoms with Crippen molar-refractivity contribution in [2.75, 3.05) is 19.7 Å². The van der Waals surface area contributed by atoms with Gasteiger partial charge >= 0.3 is 5.97 Å². The number of β-lactam (4-membered cyclic amide) rings is 1. The van der Waals surface area contributed by atoms with Gasteiger partial charge in [0.25, 0.3) is 5.91 Å². The molecule has 2 amide bonds. The number of nitrogens with zero attached hydrogens (tertiary/aromatic N) is 1. The average molecular weight is 591 g/mol. The van der Waals surface area contributed by atoms with Crippen LogP contribution in [0.3, 0.4) is 0 Å². The number of benzene rings is 3. The number of ether oxygens (including phenoxy) is 1. The van der Waals surface area contributed by atoms with Gasteiger partial charge in [0.2, 0.25) is 5.91 Å². The van der Waals surface area contributed by atoms with Crippen molar-refractivity contribution in [3.05, 3.63) is 102 Å². The highest BCUT2D eigenvalue weighted by molar-refractivity contribution is 8.01. The lowest BCUT2D eigenvalue weighted by molar-refractivity contribution is -0.161. The molecule has 3 atom stereocenters. The van der Waals surface area contributed by atoms with Gasteiger partial charge in [-0.1, -0.05) is 78.9 Å². The topological polar surface area (TPSA) is 120 Å². The third kappa shape index (κ3) is 8.34. The molecule has 10 heteroatoms. The SMILES string of the molecule is CC1(C)S[C@@H]2[C@H](NC(=O)COc3ccccc3)C(=O)N2[C@H]1C(=O)O.c1ccc(CNCCNCc2ccccc2)cc1. The first kappa shape index (κ1) is 31.1. The molecule has 222 valence electrons. The fraction of sp³-hybridized carbons (Fsp3) is 0.344. The van der Waals surface area contributed by atoms with Crippen LogP contribution in [0.4, 0.5) is 0 Å². The summed E-state index contributed by atoms with van der Waals surface area (Å²) in [6.07, 6.45) is 0. The van der Waals surface area contributed by atoms with Crippen LogP contribution in [0, 0.1) is 0 Å². The molecule has 2 fully saturated rings. The zero-order chi connectivity index (χ0) is 30.0. The second-order valence-corrected chi connectivity index (χ2v) is 12.3. The Bertz CT molecular complexity index is 1270. The maximum absolute atomic E-state index is 12.2. The van der Waals surface area contributed by atoms with Crippen molar-refractivity contribution < 1.29 is 24.2 Å². The molecule has 4 N–H and O–H groups in total. The molecule has 0 bridgehead atoms. The van der Waals surface area contributed by atoms with Crippen LogP contribution in [-0.4, -0.2) is 69.7 Å². The van der Waals surface area contributed by atoms with Crippen molar-refractivity contribution in [2.45, 2.75) is 49.1 Å². The maximum Gasteiger partial charge on any atom is 0.327 e. The fourth-order valence-corrected chi connectivity index (χ4v) is 6.49. The molecule has 0 unspecified atom stereocenters. The summed E-state index contributed by atoms with van der Waals surface area (Å²) < 4.78 is 4.74. The van der Waals surface area contributed by atoms with Gasteiger partial charge in [-0.25, -0.2) is 4.79 Å². The molecule has 0 saturated carbocycles. The molecular formula is C32H38N4O5S. The summed E-state index contributed by atoms with van der Waals surface area (Å²) in [4.78, 5) is 37.0. The zero-order valence-electron chi connectivity index (χ0n) is 23.9. The summed E-state index contributed by atoms with van der Waals surface area (Å²) in [7, 11) is 0. The summed E-state index contributed by atoms with van der Waals surface area (Å²) in [5.41, 5.74) is 2.67. The molecular weight excluding hydrogens is 552 g/mol. The van der Waals surface area contributed by atoms with E-state index in [0.717, 1.165) is 26.2 Å². The molecule has 5 rings (SSSR count). The number of carboxylic acid groups (broad SMARTS) is 1. The first-order valence-electron chi connectivity index (χ1n) is 14.0. The highest BCUT2D eigenvalue weighted by Gasteiger charge is 2.64. The first-order chi connectivity index (χ1) is 20.3. The lowest BCUT2D eigenvalue weighted by atomic mass is 9.96. The Morgan fingerprint density at radius 1 is 0.857 bits per heavy atom. The van der Waals surface area contributed by atoms with Crippen molar-refractivity contribution in [3.63, 3.8) is 0 Å². The van der Waals surface area contributed by atoms with E-state index in [-0.39, 0.29) is 17.9 Å². The van der Waals surface area contributed by atoms with Gasteiger partial charge in [-0.3, -0.25) is 9.59 Å². The number of carbonyl (C=O) groups is 3. The Morgan fingerprint density at radius 2 is 1.36 bits per heavy atom. The van der Waals surface area contributed by atoms with E-state index in [0.29, 0.717) is 5.75 Å². The van der Waals surface area contributed by atoms with E-state index in [1.165, 1.54) is 27.8 Å². The molecule has 0 spiro atoms. The predicted octanol–water partition coefficient (Wildman–Crippen LogP) is 3.26. The standard InChI is InChI=1S/C16H18N2O5S.C16H20N2/c1-16(2)12(15(21)22)18-13(20)11(14(18)24-16)17-10(19)8-23-9-6-4-3-5-7-9;1-3-7-15(8-4-1)13-17-11-12-18-14-16-9-5-2-6-10-16/h3-7,11-12,14H,8H2,1-2H3,(H,17,19)(H,21,22);1-10,17-18H,11-14H2/t11-,12+,14-;/m1./s1. The Kier molecular flexibility index (Phi) is 11.0. The van der Waals surface area contributed by atoms with Crippen LogP contribution in [0.2, 0.25) is 0 Å². The number of hydrogen-bond donors (Lipinski definition) is 4. The van der Waals surface area contributed by atoms with Gasteiger partial charge in [-0.15, -0.1) is 11.8 Å². The molecule has 42 heavy (non-hydrogen) atoms. The van der Waals surface area contributed by atoms with E-state index in [1.807, 2.05) is 18.2 Å². The predicted molar refractivity (Wildman–Crippen MR) is 164 cm³/mol. The average Bonchev–Trinajstić information content (AvgIpc) is 3.26. The normalized spacial score (nSPS) is 20.0. The Morgan fingerprint density at radius 3 is 1.86 bits per heavy atom. The quantitative estimate of drug-likeness (QED) is 0.188. The molecule has 9 nitrogen and oxygen atoms in total. The van der Waals surface area contributed by atoms with Crippen LogP contribution in [0.1, 0.15) is 25.0 Å². The van der Waals surface area contributed by atoms with Crippen molar-refractivity contribution in [3.8, 4) is 5.75 Å². The molecule has 2 aliphatic rings. The fourth-order valence-electron chi connectivity index (χ4n) is 4.86. The summed E-state index contributed by atoms with van der Waals surface area (Å²) >= 11 is 1.39. The number of fused-ring (bicyclic) bond motifs is 1. The molecule has 3 aromatic carbocycles. The largest absolute Gasteiger partial charge is 0.484 e. The van der Waals surface area contributed by atoms with Gasteiger partial charge in [-0.2, -0.15) is 0 Å². The van der Waals surface area contributed by atoms with Crippen LogP contribution in [-0.2, 0) is 27.5 Å². The van der Waals surface area contributed by atoms with Crippen LogP contribution < -0.4 is 20.7 Å². The van der Waals surface area contributed by atoms with E-state index in [4.69, 9.17) is 4.74 Å². The van der Waals surface area contributed by atoms with Gasteiger partial charge in [-0.05, 0) is 37.1 Å². The van der Waals surface area contributed by atoms with E-state index < -0.39 is 28.7 Å². The smallest absolute Gasteiger partial charge is 0.327 e. The molecule has 2 heterocycles. The highest BCUT2D eigenvalue weighted by Crippen LogP contribution is 2.50. The van der Waals surface area contributed by atoms with Crippen molar-refractivity contribution in [1.82, 2.24) is 20.9 Å². The van der Waals surface area contributed by atoms with Crippen LogP contribution in [0.5, 0.6) is 5.75 Å². The van der Waals surface area contributed by atoms with E-state index >= 15 is 0 Å². The second-order valence-electron chi connectivity index (χ2n) is 10.6. The van der Waals surface area contributed by atoms with Gasteiger partial charge < -0.3 is 30.7 Å². The number of hydrogen-bond acceptors (Lipinski definition) is 7. The van der Waals surface area contributed by atoms with Gasteiger partial charge in [0.15, 0.2) is 6.61 Å². The zero-order valence-corrected chi connectivity index (χ0v) is 24.7. The lowest BCUT2D eigenvalue weighted by Gasteiger charge is -2.43. The molecule has 0 aromatic heterocycles. The molecule has 2 saturated heterocycles. The summed E-state index contributed by atoms with van der Waals surface area (Å²) in [6, 6.07) is 28.3. The monoisotopic (exact) mass is 590 g/mol. The van der Waals surface area contributed by atoms with E-state index in [1.54, 1.807) is 38.1 Å². The minimum absolute atomic E-state index is 0.197. The van der Waals surface area contributed by atoms with Crippen LogP contribution >= 0.6 is 11.8 Å². The number of amides is 2. The van der Waals surface area contributed by atoms with Crippen LogP contribution in [0.25, 0.3) is 0 Å². The Balaban J connectivity index is 0.000000201. The summed E-state index contributed by atoms with van der Waals surface area (Å²) in [6.45, 7) is 7.24. The van der Waals surface area contributed by atoms with Crippen molar-refractivity contribution >= 4 is 29.5 Å². The molecule has 0 aliphatic carbocycles. The summed E-state index contributed by atoms with van der Waals surface area (Å²) in [5, 5.41) is 18.5. The number of carbonyl (C=O) groups excluding carboxylic acids is 2. The van der Waals surface area contributed by atoms with Crippen LogP contribution in [0.15, 0.2) is 91.0 Å². The van der Waals surface area contributed by atoms with Gasteiger partial charge in [0.05, 0.1) is 0 Å². The second kappa shape index (κ2) is 14.9. The van der Waals surface area contributed by atoms with Gasteiger partial charge in [0, 0.05) is 30.9 Å². The number of nitrogens with one attached hydrogen (secondary N) is 3. The maximum atomic E-state index is 12.2. The minimum atomic E-state index is -1.03. The number of para-hydroxylation sites is 1. The Hall–Kier alpha value is -3.86. The van der Waals surface area contributed by atoms with Crippen molar-refractivity contribution in [2.24, 2.45) is 0 Å². The molecule has 0 radical (unpaired) electrons. The number of rotatable bonds is 12. The summed E-state index contributed by atoms with van der Waals surface area (Å²) in [5.74, 6) is -1.23. The van der Waals surface area contributed by atoms with E-state index in [9.17, 15) is 19.5 Å². The third-order valence-corrected chi connectivity index (χ3v) is 8.50. The lowest BCUT2D eigenvalue weighted by Crippen LogP contribution is -2.70. The molecule has 2 aliphatic heterocycles. The number of aliphatic carboxylic acids is 1. The number of carboxylic acids is 1. The van der Waals surface area contributed by atoms with Crippen molar-refractivity contribution in [1.29, 1.82) is 0 Å².